The summed E-state index contributed by atoms with van der Waals surface area (Å²) in [6.45, 7) is 18.3. The maximum atomic E-state index is 9.07. The minimum atomic E-state index is 0.292. The van der Waals surface area contributed by atoms with Gasteiger partial charge in [-0.3, -0.25) is 0 Å². The van der Waals surface area contributed by atoms with Gasteiger partial charge in [-0.1, -0.05) is 27.7 Å². The number of nitrogens with one attached hydrogen (secondary N) is 1. The third-order valence-electron chi connectivity index (χ3n) is 4.42. The highest BCUT2D eigenvalue weighted by atomic mass is 16.3. The van der Waals surface area contributed by atoms with E-state index in [9.17, 15) is 0 Å². The van der Waals surface area contributed by atoms with Crippen molar-refractivity contribution in [3.63, 3.8) is 0 Å². The normalized spacial score (nSPS) is 12.9. The molecule has 0 saturated carbocycles. The predicted octanol–water partition coefficient (Wildman–Crippen LogP) is 3.13. The summed E-state index contributed by atoms with van der Waals surface area (Å²) in [4.78, 5) is 2.53. The van der Waals surface area contributed by atoms with Gasteiger partial charge >= 0.3 is 0 Å². The Morgan fingerprint density at radius 2 is 1.70 bits per heavy atom. The topological polar surface area (TPSA) is 35.5 Å². The van der Waals surface area contributed by atoms with Crippen molar-refractivity contribution in [3.8, 4) is 0 Å². The van der Waals surface area contributed by atoms with E-state index in [2.05, 4.69) is 51.8 Å². The van der Waals surface area contributed by atoms with E-state index in [1.165, 1.54) is 12.8 Å². The second-order valence-electron chi connectivity index (χ2n) is 6.87. The van der Waals surface area contributed by atoms with E-state index in [1.807, 2.05) is 0 Å². The lowest BCUT2D eigenvalue weighted by atomic mass is 9.81. The maximum absolute atomic E-state index is 9.07. The highest BCUT2D eigenvalue weighted by Gasteiger charge is 2.29. The number of rotatable bonds is 12. The second kappa shape index (κ2) is 10.6. The number of aliphatic hydroxyl groups is 1. The molecule has 0 radical (unpaired) electrons. The second-order valence-corrected chi connectivity index (χ2v) is 6.87. The minimum absolute atomic E-state index is 0.292. The number of aliphatic hydroxyl groups excluding tert-OH is 1. The van der Waals surface area contributed by atoms with Crippen LogP contribution < -0.4 is 5.32 Å². The quantitative estimate of drug-likeness (QED) is 0.578. The fourth-order valence-electron chi connectivity index (χ4n) is 2.63. The summed E-state index contributed by atoms with van der Waals surface area (Å²) in [7, 11) is 0. The van der Waals surface area contributed by atoms with Crippen LogP contribution in [-0.4, -0.2) is 48.8 Å². The van der Waals surface area contributed by atoms with Gasteiger partial charge in [-0.15, -0.1) is 0 Å². The Kier molecular flexibility index (Phi) is 10.5. The smallest absolute Gasteiger partial charge is 0.0443 e. The van der Waals surface area contributed by atoms with Crippen LogP contribution >= 0.6 is 0 Å². The Morgan fingerprint density at radius 3 is 2.10 bits per heavy atom. The molecule has 0 aliphatic rings. The zero-order valence-corrected chi connectivity index (χ0v) is 14.7. The van der Waals surface area contributed by atoms with E-state index < -0.39 is 0 Å². The van der Waals surface area contributed by atoms with Gasteiger partial charge in [0.25, 0.3) is 0 Å². The van der Waals surface area contributed by atoms with Gasteiger partial charge in [0.15, 0.2) is 0 Å². The van der Waals surface area contributed by atoms with E-state index in [0.717, 1.165) is 32.6 Å². The van der Waals surface area contributed by atoms with Crippen LogP contribution in [0.5, 0.6) is 0 Å². The summed E-state index contributed by atoms with van der Waals surface area (Å²) >= 11 is 0. The summed E-state index contributed by atoms with van der Waals surface area (Å²) < 4.78 is 0. The fraction of sp³-hybridized carbons (Fsp3) is 1.00. The van der Waals surface area contributed by atoms with Crippen LogP contribution in [0.1, 0.15) is 60.8 Å². The van der Waals surface area contributed by atoms with Crippen molar-refractivity contribution in [3.05, 3.63) is 0 Å². The highest BCUT2D eigenvalue weighted by molar-refractivity contribution is 4.84. The largest absolute Gasteiger partial charge is 0.396 e. The number of nitrogens with zero attached hydrogens (tertiary/aromatic N) is 1. The molecule has 0 bridgehead atoms. The first kappa shape index (κ1) is 19.9. The van der Waals surface area contributed by atoms with Crippen LogP contribution in [0.3, 0.4) is 0 Å². The van der Waals surface area contributed by atoms with Gasteiger partial charge in [0.2, 0.25) is 0 Å². The van der Waals surface area contributed by atoms with Gasteiger partial charge in [-0.05, 0) is 51.0 Å². The van der Waals surface area contributed by atoms with Gasteiger partial charge < -0.3 is 15.3 Å². The molecule has 0 amide bonds. The Hall–Kier alpha value is -0.120. The fourth-order valence-corrected chi connectivity index (χ4v) is 2.63. The SMILES string of the molecule is CCC(CC)(CNCC(C)C)CN(CCCO)C(C)C. The Morgan fingerprint density at radius 1 is 1.10 bits per heavy atom. The molecule has 0 unspecified atom stereocenters. The molecule has 0 aromatic carbocycles. The van der Waals surface area contributed by atoms with Crippen molar-refractivity contribution in [1.82, 2.24) is 10.2 Å². The van der Waals surface area contributed by atoms with Crippen LogP contribution in [0.15, 0.2) is 0 Å². The lowest BCUT2D eigenvalue weighted by Crippen LogP contribution is -2.46. The minimum Gasteiger partial charge on any atom is -0.396 e. The van der Waals surface area contributed by atoms with E-state index >= 15 is 0 Å². The average molecular weight is 287 g/mol. The molecule has 0 aliphatic heterocycles. The number of hydrogen-bond acceptors (Lipinski definition) is 3. The van der Waals surface area contributed by atoms with Gasteiger partial charge in [-0.2, -0.15) is 0 Å². The van der Waals surface area contributed by atoms with Crippen molar-refractivity contribution >= 4 is 0 Å². The Bertz CT molecular complexity index is 225. The van der Waals surface area contributed by atoms with E-state index in [0.29, 0.717) is 24.0 Å². The Balaban J connectivity index is 4.59. The summed E-state index contributed by atoms with van der Waals surface area (Å²) in [6, 6.07) is 0.545. The van der Waals surface area contributed by atoms with Crippen LogP contribution in [0, 0.1) is 11.3 Å². The molecule has 0 aromatic heterocycles. The lowest BCUT2D eigenvalue weighted by Gasteiger charge is -2.39. The molecule has 0 atom stereocenters. The zero-order valence-electron chi connectivity index (χ0n) is 14.7. The molecule has 0 aliphatic carbocycles. The summed E-state index contributed by atoms with van der Waals surface area (Å²) in [5.41, 5.74) is 0.356. The summed E-state index contributed by atoms with van der Waals surface area (Å²) in [5, 5.41) is 12.7. The summed E-state index contributed by atoms with van der Waals surface area (Å²) in [5.74, 6) is 0.706. The van der Waals surface area contributed by atoms with Crippen molar-refractivity contribution < 1.29 is 5.11 Å². The van der Waals surface area contributed by atoms with E-state index in [-0.39, 0.29) is 0 Å². The standard InChI is InChI=1S/C17H38N2O/c1-7-17(8-2,13-18-12-15(3)4)14-19(16(5)6)10-9-11-20/h15-16,18,20H,7-14H2,1-6H3. The molecular weight excluding hydrogens is 248 g/mol. The molecule has 2 N–H and O–H groups in total. The first-order chi connectivity index (χ1) is 9.40. The molecule has 20 heavy (non-hydrogen) atoms. The first-order valence-corrected chi connectivity index (χ1v) is 8.46. The van der Waals surface area contributed by atoms with Crippen LogP contribution in [-0.2, 0) is 0 Å². The molecule has 3 heteroatoms. The third-order valence-corrected chi connectivity index (χ3v) is 4.42. The van der Waals surface area contributed by atoms with Crippen LogP contribution in [0.2, 0.25) is 0 Å². The monoisotopic (exact) mass is 286 g/mol. The maximum Gasteiger partial charge on any atom is 0.0443 e. The molecule has 122 valence electrons. The van der Waals surface area contributed by atoms with Gasteiger partial charge in [0.05, 0.1) is 0 Å². The molecule has 0 rings (SSSR count). The molecule has 0 aromatic rings. The molecule has 0 spiro atoms. The van der Waals surface area contributed by atoms with E-state index in [4.69, 9.17) is 5.11 Å². The lowest BCUT2D eigenvalue weighted by molar-refractivity contribution is 0.102. The summed E-state index contributed by atoms with van der Waals surface area (Å²) in [6.07, 6.45) is 3.29. The molecule has 0 heterocycles. The van der Waals surface area contributed by atoms with Crippen LogP contribution in [0.25, 0.3) is 0 Å². The van der Waals surface area contributed by atoms with Gasteiger partial charge in [0.1, 0.15) is 0 Å². The molecule has 0 saturated heterocycles. The number of hydrogen-bond donors (Lipinski definition) is 2. The molecule has 3 nitrogen and oxygen atoms in total. The Labute approximate surface area is 127 Å². The molecule has 0 fully saturated rings. The highest BCUT2D eigenvalue weighted by Crippen LogP contribution is 2.28. The van der Waals surface area contributed by atoms with Crippen molar-refractivity contribution in [1.29, 1.82) is 0 Å². The van der Waals surface area contributed by atoms with Crippen molar-refractivity contribution in [2.24, 2.45) is 11.3 Å². The third kappa shape index (κ3) is 7.61. The van der Waals surface area contributed by atoms with Gasteiger partial charge in [-0.25, -0.2) is 0 Å². The molecular formula is C17H38N2O. The van der Waals surface area contributed by atoms with Crippen molar-refractivity contribution in [2.45, 2.75) is 66.8 Å². The average Bonchev–Trinajstić information content (AvgIpc) is 2.41. The zero-order chi connectivity index (χ0) is 15.6. The first-order valence-electron chi connectivity index (χ1n) is 8.46. The predicted molar refractivity (Wildman–Crippen MR) is 89.1 cm³/mol. The van der Waals surface area contributed by atoms with Gasteiger partial charge in [0, 0.05) is 32.3 Å². The van der Waals surface area contributed by atoms with Crippen LogP contribution in [0.4, 0.5) is 0 Å². The van der Waals surface area contributed by atoms with Crippen molar-refractivity contribution in [2.75, 3.05) is 32.8 Å². The van der Waals surface area contributed by atoms with E-state index in [1.54, 1.807) is 0 Å².